The van der Waals surface area contributed by atoms with Crippen LogP contribution in [0.25, 0.3) is 32.2 Å². The molecule has 1 aromatic carbocycles. The quantitative estimate of drug-likeness (QED) is 0.570. The van der Waals surface area contributed by atoms with Gasteiger partial charge in [0.2, 0.25) is 0 Å². The Balaban J connectivity index is 1.90. The van der Waals surface area contributed by atoms with Gasteiger partial charge >= 0.3 is 0 Å². The lowest BCUT2D eigenvalue weighted by Gasteiger charge is -2.07. The van der Waals surface area contributed by atoms with Crippen LogP contribution in [-0.4, -0.2) is 9.97 Å². The highest BCUT2D eigenvalue weighted by Crippen LogP contribution is 2.50. The minimum atomic E-state index is -0.376. The SMILES string of the molecule is O=c1[nH]ccc2sc(C3CC3)c(-c3nc4ccccc4cc3F)c12. The number of aromatic amines is 1. The second-order valence-electron chi connectivity index (χ2n) is 6.17. The molecular weight excluding hydrogens is 323 g/mol. The Hall–Kier alpha value is -2.53. The molecule has 4 aromatic rings. The number of benzene rings is 1. The molecule has 1 fully saturated rings. The van der Waals surface area contributed by atoms with Crippen LogP contribution in [0.15, 0.2) is 47.4 Å². The zero-order valence-corrected chi connectivity index (χ0v) is 13.5. The molecule has 0 unspecified atom stereocenters. The van der Waals surface area contributed by atoms with Gasteiger partial charge in [0.15, 0.2) is 0 Å². The summed E-state index contributed by atoms with van der Waals surface area (Å²) < 4.78 is 15.7. The Morgan fingerprint density at radius 1 is 1.21 bits per heavy atom. The van der Waals surface area contributed by atoms with Gasteiger partial charge in [0, 0.05) is 26.7 Å². The van der Waals surface area contributed by atoms with Crippen molar-refractivity contribution in [3.05, 3.63) is 63.6 Å². The van der Waals surface area contributed by atoms with Crippen molar-refractivity contribution in [3.63, 3.8) is 0 Å². The van der Waals surface area contributed by atoms with E-state index in [9.17, 15) is 9.18 Å². The van der Waals surface area contributed by atoms with Crippen LogP contribution in [-0.2, 0) is 0 Å². The zero-order chi connectivity index (χ0) is 16.3. The Kier molecular flexibility index (Phi) is 2.88. The molecule has 0 aliphatic heterocycles. The fourth-order valence-electron chi connectivity index (χ4n) is 3.21. The standard InChI is InChI=1S/C19H13FN2OS/c20-12-9-11-3-1-2-4-13(11)22-17(12)16-15-14(7-8-21-19(15)23)24-18(16)10-5-6-10/h1-4,7-10H,5-6H2,(H,21,23). The lowest BCUT2D eigenvalue weighted by molar-refractivity contribution is 0.628. The van der Waals surface area contributed by atoms with Crippen molar-refractivity contribution in [1.82, 2.24) is 9.97 Å². The van der Waals surface area contributed by atoms with Gasteiger partial charge in [-0.15, -0.1) is 11.3 Å². The molecular formula is C19H13FN2OS. The summed E-state index contributed by atoms with van der Waals surface area (Å²) in [6.07, 6.45) is 3.83. The van der Waals surface area contributed by atoms with Crippen LogP contribution in [0, 0.1) is 5.82 Å². The summed E-state index contributed by atoms with van der Waals surface area (Å²) in [4.78, 5) is 20.8. The highest BCUT2D eigenvalue weighted by Gasteiger charge is 2.32. The van der Waals surface area contributed by atoms with Gasteiger partial charge in [-0.3, -0.25) is 4.79 Å². The number of nitrogens with zero attached hydrogens (tertiary/aromatic N) is 1. The Morgan fingerprint density at radius 3 is 2.88 bits per heavy atom. The van der Waals surface area contributed by atoms with Gasteiger partial charge in [-0.05, 0) is 37.0 Å². The number of hydrogen-bond acceptors (Lipinski definition) is 3. The summed E-state index contributed by atoms with van der Waals surface area (Å²) in [7, 11) is 0. The topological polar surface area (TPSA) is 45.8 Å². The van der Waals surface area contributed by atoms with Gasteiger partial charge in [-0.25, -0.2) is 9.37 Å². The Morgan fingerprint density at radius 2 is 2.04 bits per heavy atom. The van der Waals surface area contributed by atoms with Crippen molar-refractivity contribution in [1.29, 1.82) is 0 Å². The van der Waals surface area contributed by atoms with E-state index < -0.39 is 0 Å². The van der Waals surface area contributed by atoms with Crippen molar-refractivity contribution >= 4 is 32.3 Å². The van der Waals surface area contributed by atoms with E-state index in [4.69, 9.17) is 0 Å². The molecule has 5 heteroatoms. The van der Waals surface area contributed by atoms with Crippen LogP contribution in [0.2, 0.25) is 0 Å². The van der Waals surface area contributed by atoms with Crippen LogP contribution in [0.5, 0.6) is 0 Å². The molecule has 0 saturated heterocycles. The monoisotopic (exact) mass is 336 g/mol. The van der Waals surface area contributed by atoms with Gasteiger partial charge < -0.3 is 4.98 Å². The van der Waals surface area contributed by atoms with Crippen molar-refractivity contribution in [3.8, 4) is 11.3 Å². The average Bonchev–Trinajstić information content (AvgIpc) is 3.35. The second-order valence-corrected chi connectivity index (χ2v) is 7.26. The summed E-state index contributed by atoms with van der Waals surface area (Å²) in [6.45, 7) is 0. The van der Waals surface area contributed by atoms with Crippen LogP contribution in [0.3, 0.4) is 0 Å². The molecule has 3 nitrogen and oxygen atoms in total. The van der Waals surface area contributed by atoms with E-state index in [-0.39, 0.29) is 11.4 Å². The maximum Gasteiger partial charge on any atom is 0.257 e. The molecule has 3 heterocycles. The van der Waals surface area contributed by atoms with E-state index in [0.717, 1.165) is 33.3 Å². The minimum Gasteiger partial charge on any atom is -0.328 e. The molecule has 1 aliphatic rings. The molecule has 0 radical (unpaired) electrons. The van der Waals surface area contributed by atoms with Crippen molar-refractivity contribution < 1.29 is 4.39 Å². The lowest BCUT2D eigenvalue weighted by Crippen LogP contribution is -2.05. The summed E-state index contributed by atoms with van der Waals surface area (Å²) >= 11 is 1.59. The number of halogens is 1. The molecule has 5 rings (SSSR count). The summed E-state index contributed by atoms with van der Waals surface area (Å²) in [5.41, 5.74) is 1.53. The molecule has 118 valence electrons. The number of nitrogens with one attached hydrogen (secondary N) is 1. The molecule has 1 aliphatic carbocycles. The van der Waals surface area contributed by atoms with E-state index in [1.807, 2.05) is 30.3 Å². The Bertz CT molecular complexity index is 1160. The van der Waals surface area contributed by atoms with E-state index in [1.165, 1.54) is 6.07 Å². The van der Waals surface area contributed by atoms with Crippen LogP contribution in [0.4, 0.5) is 4.39 Å². The van der Waals surface area contributed by atoms with Gasteiger partial charge in [0.25, 0.3) is 5.56 Å². The molecule has 24 heavy (non-hydrogen) atoms. The molecule has 0 bridgehead atoms. The number of thiophene rings is 1. The van der Waals surface area contributed by atoms with E-state index in [1.54, 1.807) is 17.5 Å². The number of rotatable bonds is 2. The maximum atomic E-state index is 14.8. The molecule has 1 saturated carbocycles. The molecule has 1 N–H and O–H groups in total. The predicted octanol–water partition coefficient (Wildman–Crippen LogP) is 4.82. The third kappa shape index (κ3) is 2.01. The van der Waals surface area contributed by atoms with Gasteiger partial charge in [-0.1, -0.05) is 18.2 Å². The lowest BCUT2D eigenvalue weighted by atomic mass is 10.0. The first-order chi connectivity index (χ1) is 11.7. The van der Waals surface area contributed by atoms with Gasteiger partial charge in [-0.2, -0.15) is 0 Å². The second kappa shape index (κ2) is 4.98. The number of pyridine rings is 2. The smallest absolute Gasteiger partial charge is 0.257 e. The first kappa shape index (κ1) is 13.9. The van der Waals surface area contributed by atoms with Crippen molar-refractivity contribution in [2.75, 3.05) is 0 Å². The van der Waals surface area contributed by atoms with Crippen LogP contribution >= 0.6 is 11.3 Å². The Labute approximate surface area is 140 Å². The van der Waals surface area contributed by atoms with E-state index >= 15 is 0 Å². The maximum absolute atomic E-state index is 14.8. The summed E-state index contributed by atoms with van der Waals surface area (Å²) in [5, 5.41) is 1.33. The highest BCUT2D eigenvalue weighted by molar-refractivity contribution is 7.19. The molecule has 3 aromatic heterocycles. The first-order valence-corrected chi connectivity index (χ1v) is 8.74. The van der Waals surface area contributed by atoms with E-state index in [2.05, 4.69) is 9.97 Å². The number of fused-ring (bicyclic) bond motifs is 2. The number of hydrogen-bond donors (Lipinski definition) is 1. The molecule has 0 amide bonds. The molecule has 0 atom stereocenters. The van der Waals surface area contributed by atoms with Gasteiger partial charge in [0.05, 0.1) is 10.9 Å². The van der Waals surface area contributed by atoms with E-state index in [0.29, 0.717) is 22.6 Å². The third-order valence-corrected chi connectivity index (χ3v) is 5.82. The summed E-state index contributed by atoms with van der Waals surface area (Å²) in [6, 6.07) is 10.9. The largest absolute Gasteiger partial charge is 0.328 e. The zero-order valence-electron chi connectivity index (χ0n) is 12.7. The molecule has 0 spiro atoms. The third-order valence-electron chi connectivity index (χ3n) is 4.50. The first-order valence-electron chi connectivity index (χ1n) is 7.92. The number of para-hydroxylation sites is 1. The average molecular weight is 336 g/mol. The highest BCUT2D eigenvalue weighted by atomic mass is 32.1. The van der Waals surface area contributed by atoms with Crippen LogP contribution in [0.1, 0.15) is 23.6 Å². The fourth-order valence-corrected chi connectivity index (χ4v) is 4.58. The van der Waals surface area contributed by atoms with Gasteiger partial charge in [0.1, 0.15) is 11.5 Å². The summed E-state index contributed by atoms with van der Waals surface area (Å²) in [5.74, 6) is 0.0445. The number of H-pyrrole nitrogens is 1. The minimum absolute atomic E-state index is 0.181. The van der Waals surface area contributed by atoms with Crippen LogP contribution < -0.4 is 5.56 Å². The number of aromatic nitrogens is 2. The fraction of sp³-hybridized carbons (Fsp3) is 0.158. The van der Waals surface area contributed by atoms with Crippen molar-refractivity contribution in [2.24, 2.45) is 0 Å². The predicted molar refractivity (Wildman–Crippen MR) is 95.1 cm³/mol. The van der Waals surface area contributed by atoms with Crippen molar-refractivity contribution in [2.45, 2.75) is 18.8 Å². The normalized spacial score (nSPS) is 14.5.